The summed E-state index contributed by atoms with van der Waals surface area (Å²) in [5.41, 5.74) is 3.77. The van der Waals surface area contributed by atoms with Crippen LogP contribution in [0.5, 0.6) is 0 Å². The minimum absolute atomic E-state index is 0.0866. The Kier molecular flexibility index (Phi) is 7.18. The van der Waals surface area contributed by atoms with Crippen LogP contribution < -0.4 is 5.32 Å². The van der Waals surface area contributed by atoms with Gasteiger partial charge in [0.1, 0.15) is 12.2 Å². The lowest BCUT2D eigenvalue weighted by molar-refractivity contribution is -0.155. The quantitative estimate of drug-likeness (QED) is 0.588. The first kappa shape index (κ1) is 23.3. The van der Waals surface area contributed by atoms with Gasteiger partial charge in [-0.25, -0.2) is 4.79 Å². The number of amides is 1. The van der Waals surface area contributed by atoms with Crippen molar-refractivity contribution in [2.75, 3.05) is 6.61 Å². The number of carbonyl (C=O) groups is 3. The summed E-state index contributed by atoms with van der Waals surface area (Å²) in [4.78, 5) is 35.7. The topological polar surface area (TPSA) is 102 Å². The largest absolute Gasteiger partial charge is 0.481 e. The van der Waals surface area contributed by atoms with E-state index in [1.54, 1.807) is 20.8 Å². The molecular weight excluding hydrogens is 410 g/mol. The van der Waals surface area contributed by atoms with Gasteiger partial charge in [-0.15, -0.1) is 0 Å². The summed E-state index contributed by atoms with van der Waals surface area (Å²) < 4.78 is 10.8. The van der Waals surface area contributed by atoms with Crippen LogP contribution in [0.3, 0.4) is 0 Å². The third kappa shape index (κ3) is 6.09. The number of carboxylic acid groups (broad SMARTS) is 1. The van der Waals surface area contributed by atoms with Crippen molar-refractivity contribution in [2.24, 2.45) is 0 Å². The maximum Gasteiger partial charge on any atom is 0.407 e. The Hall–Kier alpha value is -3.35. The fourth-order valence-corrected chi connectivity index (χ4v) is 3.91. The number of carboxylic acids is 1. The van der Waals surface area contributed by atoms with Gasteiger partial charge in [0.2, 0.25) is 0 Å². The van der Waals surface area contributed by atoms with E-state index in [2.05, 4.69) is 17.4 Å². The van der Waals surface area contributed by atoms with Crippen LogP contribution in [0, 0.1) is 0 Å². The van der Waals surface area contributed by atoms with E-state index in [4.69, 9.17) is 14.6 Å². The molecule has 1 atom stereocenters. The molecule has 2 N–H and O–H groups in total. The molecule has 170 valence electrons. The summed E-state index contributed by atoms with van der Waals surface area (Å²) in [6.45, 7) is 5.38. The lowest BCUT2D eigenvalue weighted by Crippen LogP contribution is -2.39. The Morgan fingerprint density at radius 2 is 1.56 bits per heavy atom. The molecule has 1 amide bonds. The molecule has 32 heavy (non-hydrogen) atoms. The molecule has 0 spiro atoms. The van der Waals surface area contributed by atoms with Crippen molar-refractivity contribution in [2.45, 2.75) is 57.6 Å². The molecule has 0 radical (unpaired) electrons. The van der Waals surface area contributed by atoms with Crippen molar-refractivity contribution < 1.29 is 29.0 Å². The highest BCUT2D eigenvalue weighted by atomic mass is 16.6. The number of ether oxygens (including phenoxy) is 2. The molecule has 0 bridgehead atoms. The van der Waals surface area contributed by atoms with Gasteiger partial charge >= 0.3 is 18.0 Å². The highest BCUT2D eigenvalue weighted by Gasteiger charge is 2.29. The Morgan fingerprint density at radius 1 is 1.00 bits per heavy atom. The second-order valence-corrected chi connectivity index (χ2v) is 8.89. The predicted octanol–water partition coefficient (Wildman–Crippen LogP) is 4.49. The van der Waals surface area contributed by atoms with E-state index in [0.717, 1.165) is 22.3 Å². The molecule has 0 unspecified atom stereocenters. The maximum absolute atomic E-state index is 12.5. The van der Waals surface area contributed by atoms with E-state index in [1.165, 1.54) is 0 Å². The first-order valence-corrected chi connectivity index (χ1v) is 10.7. The Bertz CT molecular complexity index is 948. The van der Waals surface area contributed by atoms with Gasteiger partial charge in [0.05, 0.1) is 6.42 Å². The molecule has 0 aromatic heterocycles. The van der Waals surface area contributed by atoms with Gasteiger partial charge in [0.25, 0.3) is 0 Å². The lowest BCUT2D eigenvalue weighted by atomic mass is 9.98. The van der Waals surface area contributed by atoms with Gasteiger partial charge in [-0.1, -0.05) is 48.5 Å². The van der Waals surface area contributed by atoms with Crippen LogP contribution in [0.4, 0.5) is 4.79 Å². The summed E-state index contributed by atoms with van der Waals surface area (Å²) in [6, 6.07) is 15.3. The molecule has 3 rings (SSSR count). The number of nitrogens with one attached hydrogen (secondary N) is 1. The SMILES string of the molecule is CC(C)(C)OC(=O)C[C@@H](CCC(=O)O)NC(=O)OCC1c2ccccc2-c2ccccc21. The lowest BCUT2D eigenvalue weighted by Gasteiger charge is -2.23. The van der Waals surface area contributed by atoms with Crippen LogP contribution in [0.15, 0.2) is 48.5 Å². The number of rotatable bonds is 8. The first-order chi connectivity index (χ1) is 15.1. The fourth-order valence-electron chi connectivity index (χ4n) is 3.91. The van der Waals surface area contributed by atoms with Crippen molar-refractivity contribution in [3.8, 4) is 11.1 Å². The summed E-state index contributed by atoms with van der Waals surface area (Å²) in [5, 5.41) is 11.6. The van der Waals surface area contributed by atoms with Crippen molar-refractivity contribution in [3.05, 3.63) is 59.7 Å². The number of esters is 1. The maximum atomic E-state index is 12.5. The van der Waals surface area contributed by atoms with E-state index in [1.807, 2.05) is 36.4 Å². The predicted molar refractivity (Wildman–Crippen MR) is 119 cm³/mol. The van der Waals surface area contributed by atoms with E-state index in [-0.39, 0.29) is 31.8 Å². The number of aliphatic carboxylic acids is 1. The number of alkyl carbamates (subject to hydrolysis) is 1. The van der Waals surface area contributed by atoms with E-state index in [0.29, 0.717) is 0 Å². The smallest absolute Gasteiger partial charge is 0.407 e. The van der Waals surface area contributed by atoms with E-state index < -0.39 is 29.7 Å². The highest BCUT2D eigenvalue weighted by molar-refractivity contribution is 5.79. The van der Waals surface area contributed by atoms with Crippen LogP contribution >= 0.6 is 0 Å². The second-order valence-electron chi connectivity index (χ2n) is 8.89. The van der Waals surface area contributed by atoms with Gasteiger partial charge in [-0.2, -0.15) is 0 Å². The van der Waals surface area contributed by atoms with Crippen LogP contribution in [0.2, 0.25) is 0 Å². The molecule has 0 saturated heterocycles. The van der Waals surface area contributed by atoms with Gasteiger partial charge in [-0.3, -0.25) is 9.59 Å². The number of carbonyl (C=O) groups excluding carboxylic acids is 2. The molecular formula is C25H29NO6. The summed E-state index contributed by atoms with van der Waals surface area (Å²) in [5.74, 6) is -1.60. The van der Waals surface area contributed by atoms with Crippen LogP contribution in [0.25, 0.3) is 11.1 Å². The molecule has 0 saturated carbocycles. The number of hydrogen-bond donors (Lipinski definition) is 2. The molecule has 7 heteroatoms. The van der Waals surface area contributed by atoms with Gasteiger partial charge < -0.3 is 19.9 Å². The average Bonchev–Trinajstić information content (AvgIpc) is 3.03. The van der Waals surface area contributed by atoms with E-state index in [9.17, 15) is 14.4 Å². The van der Waals surface area contributed by atoms with E-state index >= 15 is 0 Å². The molecule has 2 aromatic rings. The second kappa shape index (κ2) is 9.85. The summed E-state index contributed by atoms with van der Waals surface area (Å²) in [7, 11) is 0. The average molecular weight is 440 g/mol. The molecule has 0 aliphatic heterocycles. The minimum Gasteiger partial charge on any atom is -0.481 e. The summed E-state index contributed by atoms with van der Waals surface area (Å²) >= 11 is 0. The van der Waals surface area contributed by atoms with Crippen molar-refractivity contribution in [1.82, 2.24) is 5.32 Å². The monoisotopic (exact) mass is 439 g/mol. The first-order valence-electron chi connectivity index (χ1n) is 10.7. The Balaban J connectivity index is 1.63. The number of hydrogen-bond acceptors (Lipinski definition) is 5. The van der Waals surface area contributed by atoms with Crippen molar-refractivity contribution in [1.29, 1.82) is 0 Å². The molecule has 0 heterocycles. The highest BCUT2D eigenvalue weighted by Crippen LogP contribution is 2.44. The fraction of sp³-hybridized carbons (Fsp3) is 0.400. The third-order valence-electron chi connectivity index (χ3n) is 5.21. The molecule has 7 nitrogen and oxygen atoms in total. The third-order valence-corrected chi connectivity index (χ3v) is 5.21. The molecule has 2 aromatic carbocycles. The summed E-state index contributed by atoms with van der Waals surface area (Å²) in [6.07, 6.45) is -0.907. The number of fused-ring (bicyclic) bond motifs is 3. The standard InChI is InChI=1S/C25H29NO6/c1-25(2,3)32-23(29)14-16(12-13-22(27)28)26-24(30)31-15-21-19-10-6-4-8-17(19)18-9-5-7-11-20(18)21/h4-11,16,21H,12-15H2,1-3H3,(H,26,30)(H,27,28)/t16-/m1/s1. The molecule has 1 aliphatic rings. The minimum atomic E-state index is -1.01. The Labute approximate surface area is 187 Å². The van der Waals surface area contributed by atoms with Crippen LogP contribution in [0.1, 0.15) is 57.1 Å². The van der Waals surface area contributed by atoms with Gasteiger partial charge in [-0.05, 0) is 49.4 Å². The van der Waals surface area contributed by atoms with Crippen LogP contribution in [-0.2, 0) is 19.1 Å². The molecule has 1 aliphatic carbocycles. The van der Waals surface area contributed by atoms with Gasteiger partial charge in [0, 0.05) is 18.4 Å². The zero-order valence-electron chi connectivity index (χ0n) is 18.6. The zero-order valence-corrected chi connectivity index (χ0v) is 18.6. The van der Waals surface area contributed by atoms with Crippen LogP contribution in [-0.4, -0.2) is 41.4 Å². The van der Waals surface area contributed by atoms with Crippen molar-refractivity contribution in [3.63, 3.8) is 0 Å². The van der Waals surface area contributed by atoms with Crippen molar-refractivity contribution >= 4 is 18.0 Å². The van der Waals surface area contributed by atoms with Gasteiger partial charge in [0.15, 0.2) is 0 Å². The molecule has 0 fully saturated rings. The normalized spacial score (nSPS) is 13.6. The number of benzene rings is 2. The Morgan fingerprint density at radius 3 is 2.09 bits per heavy atom. The zero-order chi connectivity index (χ0) is 23.3.